The van der Waals surface area contributed by atoms with Crippen molar-refractivity contribution in [2.45, 2.75) is 33.4 Å². The molecular formula is C16H19N5O. The van der Waals surface area contributed by atoms with Gasteiger partial charge in [0, 0.05) is 18.2 Å². The van der Waals surface area contributed by atoms with Crippen LogP contribution < -0.4 is 5.32 Å². The van der Waals surface area contributed by atoms with Gasteiger partial charge in [-0.3, -0.25) is 0 Å². The largest absolute Gasteiger partial charge is 0.361 e. The summed E-state index contributed by atoms with van der Waals surface area (Å²) in [5.74, 6) is 0.874. The molecule has 0 bridgehead atoms. The minimum absolute atomic E-state index is 0.235. The van der Waals surface area contributed by atoms with E-state index in [-0.39, 0.29) is 6.04 Å². The van der Waals surface area contributed by atoms with Crippen LogP contribution in [0.5, 0.6) is 0 Å². The topological polar surface area (TPSA) is 68.8 Å². The van der Waals surface area contributed by atoms with Crippen LogP contribution in [0.4, 0.5) is 0 Å². The van der Waals surface area contributed by atoms with Crippen LogP contribution in [0.1, 0.15) is 35.5 Å². The second-order valence-electron chi connectivity index (χ2n) is 5.34. The Hall–Kier alpha value is -2.47. The average Bonchev–Trinajstić information content (AvgIpc) is 3.17. The molecule has 0 saturated carbocycles. The summed E-state index contributed by atoms with van der Waals surface area (Å²) in [4.78, 5) is 0. The maximum Gasteiger partial charge on any atom is 0.138 e. The quantitative estimate of drug-likeness (QED) is 0.784. The highest BCUT2D eigenvalue weighted by Gasteiger charge is 2.11. The van der Waals surface area contributed by atoms with E-state index in [1.165, 1.54) is 5.56 Å². The van der Waals surface area contributed by atoms with E-state index in [1.807, 2.05) is 32.2 Å². The zero-order chi connectivity index (χ0) is 15.5. The molecule has 0 aliphatic carbocycles. The van der Waals surface area contributed by atoms with Crippen LogP contribution in [0.3, 0.4) is 0 Å². The maximum atomic E-state index is 5.18. The molecule has 2 aromatic heterocycles. The highest BCUT2D eigenvalue weighted by atomic mass is 16.5. The van der Waals surface area contributed by atoms with E-state index in [0.717, 1.165) is 29.2 Å². The number of aromatic nitrogens is 4. The van der Waals surface area contributed by atoms with Crippen molar-refractivity contribution in [2.75, 3.05) is 0 Å². The van der Waals surface area contributed by atoms with Gasteiger partial charge in [0.2, 0.25) is 0 Å². The molecule has 22 heavy (non-hydrogen) atoms. The average molecular weight is 297 g/mol. The lowest BCUT2D eigenvalue weighted by Crippen LogP contribution is -2.18. The fourth-order valence-corrected chi connectivity index (χ4v) is 2.39. The molecule has 1 aromatic carbocycles. The molecule has 6 nitrogen and oxygen atoms in total. The molecule has 0 amide bonds. The van der Waals surface area contributed by atoms with Crippen LogP contribution >= 0.6 is 0 Å². The first kappa shape index (κ1) is 14.5. The van der Waals surface area contributed by atoms with Gasteiger partial charge < -0.3 is 9.84 Å². The lowest BCUT2D eigenvalue weighted by atomic mass is 10.1. The molecule has 3 rings (SSSR count). The van der Waals surface area contributed by atoms with Crippen LogP contribution in [0.25, 0.3) is 5.69 Å². The molecule has 1 atom stereocenters. The Balaban J connectivity index is 1.66. The van der Waals surface area contributed by atoms with E-state index >= 15 is 0 Å². The van der Waals surface area contributed by atoms with Crippen LogP contribution in [-0.4, -0.2) is 20.2 Å². The minimum atomic E-state index is 0.235. The van der Waals surface area contributed by atoms with Crippen molar-refractivity contribution in [3.63, 3.8) is 0 Å². The Kier molecular flexibility index (Phi) is 4.02. The number of hydrogen-bond donors (Lipinski definition) is 1. The first-order valence-electron chi connectivity index (χ1n) is 7.27. The third-order valence-corrected chi connectivity index (χ3v) is 3.85. The van der Waals surface area contributed by atoms with Crippen LogP contribution in [0, 0.1) is 13.8 Å². The minimum Gasteiger partial charge on any atom is -0.361 e. The van der Waals surface area contributed by atoms with Crippen molar-refractivity contribution in [1.82, 2.24) is 25.5 Å². The van der Waals surface area contributed by atoms with Gasteiger partial charge in [0.15, 0.2) is 0 Å². The third kappa shape index (κ3) is 2.92. The number of aryl methyl sites for hydroxylation is 2. The summed E-state index contributed by atoms with van der Waals surface area (Å²) in [5, 5.41) is 15.3. The predicted octanol–water partition coefficient (Wildman–Crippen LogP) is 2.72. The van der Waals surface area contributed by atoms with E-state index in [2.05, 4.69) is 39.8 Å². The van der Waals surface area contributed by atoms with E-state index in [1.54, 1.807) is 10.9 Å². The molecule has 0 unspecified atom stereocenters. The second-order valence-corrected chi connectivity index (χ2v) is 5.34. The van der Waals surface area contributed by atoms with Crippen molar-refractivity contribution in [2.24, 2.45) is 0 Å². The van der Waals surface area contributed by atoms with Gasteiger partial charge in [-0.05, 0) is 38.5 Å². The van der Waals surface area contributed by atoms with Crippen LogP contribution in [0.2, 0.25) is 0 Å². The summed E-state index contributed by atoms with van der Waals surface area (Å²) < 4.78 is 6.93. The molecule has 2 heterocycles. The Bertz CT molecular complexity index is 711. The van der Waals surface area contributed by atoms with Crippen molar-refractivity contribution >= 4 is 0 Å². The van der Waals surface area contributed by atoms with E-state index in [0.29, 0.717) is 0 Å². The highest BCUT2D eigenvalue weighted by Crippen LogP contribution is 2.17. The van der Waals surface area contributed by atoms with Gasteiger partial charge in [-0.1, -0.05) is 22.5 Å². The van der Waals surface area contributed by atoms with Gasteiger partial charge in [-0.15, -0.1) is 5.10 Å². The molecule has 6 heteroatoms. The van der Waals surface area contributed by atoms with Gasteiger partial charge in [-0.2, -0.15) is 0 Å². The first-order chi connectivity index (χ1) is 10.6. The van der Waals surface area contributed by atoms with Crippen molar-refractivity contribution in [3.05, 3.63) is 59.2 Å². The zero-order valence-corrected chi connectivity index (χ0v) is 12.9. The Morgan fingerprint density at radius 2 is 2.00 bits per heavy atom. The summed E-state index contributed by atoms with van der Waals surface area (Å²) in [5.41, 5.74) is 4.29. The molecular weight excluding hydrogens is 278 g/mol. The smallest absolute Gasteiger partial charge is 0.138 e. The summed E-state index contributed by atoms with van der Waals surface area (Å²) in [6, 6.07) is 8.51. The molecule has 0 saturated heterocycles. The van der Waals surface area contributed by atoms with Gasteiger partial charge in [0.05, 0.1) is 23.8 Å². The molecule has 0 radical (unpaired) electrons. The first-order valence-corrected chi connectivity index (χ1v) is 7.27. The van der Waals surface area contributed by atoms with E-state index < -0.39 is 0 Å². The van der Waals surface area contributed by atoms with Crippen molar-refractivity contribution in [3.8, 4) is 5.69 Å². The third-order valence-electron chi connectivity index (χ3n) is 3.85. The number of rotatable bonds is 5. The maximum absolute atomic E-state index is 5.18. The summed E-state index contributed by atoms with van der Waals surface area (Å²) in [6.07, 6.45) is 3.50. The van der Waals surface area contributed by atoms with Gasteiger partial charge in [0.25, 0.3) is 0 Å². The van der Waals surface area contributed by atoms with E-state index in [9.17, 15) is 0 Å². The molecule has 1 N–H and O–H groups in total. The standard InChI is InChI=1S/C16H19N5O/c1-11(17-10-16-12(2)19-22-13(16)3)14-4-6-15(7-5-14)21-9-8-18-20-21/h4-9,11,17H,10H2,1-3H3/t11-/m1/s1. The molecule has 0 aliphatic heterocycles. The van der Waals surface area contributed by atoms with Crippen molar-refractivity contribution < 1.29 is 4.52 Å². The predicted molar refractivity (Wildman–Crippen MR) is 82.6 cm³/mol. The normalized spacial score (nSPS) is 12.5. The molecule has 0 aliphatic rings. The summed E-state index contributed by atoms with van der Waals surface area (Å²) in [6.45, 7) is 6.79. The highest BCUT2D eigenvalue weighted by molar-refractivity contribution is 5.34. The number of nitrogens with zero attached hydrogens (tertiary/aromatic N) is 4. The summed E-state index contributed by atoms with van der Waals surface area (Å²) in [7, 11) is 0. The lowest BCUT2D eigenvalue weighted by molar-refractivity contribution is 0.391. The Morgan fingerprint density at radius 1 is 1.23 bits per heavy atom. The Labute approximate surface area is 129 Å². The monoisotopic (exact) mass is 297 g/mol. The molecule has 114 valence electrons. The number of benzene rings is 1. The fraction of sp³-hybridized carbons (Fsp3) is 0.312. The summed E-state index contributed by atoms with van der Waals surface area (Å²) >= 11 is 0. The van der Waals surface area contributed by atoms with Gasteiger partial charge in [-0.25, -0.2) is 4.68 Å². The fourth-order valence-electron chi connectivity index (χ4n) is 2.39. The molecule has 0 fully saturated rings. The van der Waals surface area contributed by atoms with Crippen LogP contribution in [0.15, 0.2) is 41.2 Å². The zero-order valence-electron chi connectivity index (χ0n) is 12.9. The van der Waals surface area contributed by atoms with Crippen molar-refractivity contribution in [1.29, 1.82) is 0 Å². The Morgan fingerprint density at radius 3 is 2.59 bits per heavy atom. The SMILES string of the molecule is Cc1noc(C)c1CN[C@H](C)c1ccc(-n2ccnn2)cc1. The molecule has 0 spiro atoms. The van der Waals surface area contributed by atoms with Crippen LogP contribution in [-0.2, 0) is 6.54 Å². The van der Waals surface area contributed by atoms with E-state index in [4.69, 9.17) is 4.52 Å². The second kappa shape index (κ2) is 6.11. The number of hydrogen-bond acceptors (Lipinski definition) is 5. The van der Waals surface area contributed by atoms with Gasteiger partial charge >= 0.3 is 0 Å². The lowest BCUT2D eigenvalue weighted by Gasteiger charge is -2.14. The molecule has 3 aromatic rings. The van der Waals surface area contributed by atoms with Gasteiger partial charge in [0.1, 0.15) is 5.76 Å². The number of nitrogens with one attached hydrogen (secondary N) is 1.